The number of nitrogens with one attached hydrogen (secondary N) is 1. The first kappa shape index (κ1) is 18.6. The fourth-order valence-electron chi connectivity index (χ4n) is 1.76. The molecule has 0 aliphatic heterocycles. The van der Waals surface area contributed by atoms with Gasteiger partial charge in [0.1, 0.15) is 0 Å². The minimum atomic E-state index is -0.425. The zero-order valence-corrected chi connectivity index (χ0v) is 12.4. The predicted octanol–water partition coefficient (Wildman–Crippen LogP) is 1.91. The molecule has 0 aromatic rings. The molecule has 0 bridgehead atoms. The van der Waals surface area contributed by atoms with E-state index in [1.807, 2.05) is 0 Å². The summed E-state index contributed by atoms with van der Waals surface area (Å²) in [5, 5.41) is 2.81. The number of carbonyl (C=O) groups is 2. The first-order valence-electron chi connectivity index (χ1n) is 7.46. The fraction of sp³-hybridized carbons (Fsp3) is 0.733. The smallest absolute Gasteiger partial charge is 0.330 e. The van der Waals surface area contributed by atoms with Crippen molar-refractivity contribution < 1.29 is 14.3 Å². The van der Waals surface area contributed by atoms with Crippen LogP contribution in [0.25, 0.3) is 0 Å². The van der Waals surface area contributed by atoms with E-state index in [1.54, 1.807) is 0 Å². The highest BCUT2D eigenvalue weighted by molar-refractivity contribution is 5.81. The lowest BCUT2D eigenvalue weighted by molar-refractivity contribution is -0.137. The molecule has 0 spiro atoms. The number of unbranched alkanes of at least 4 members (excludes halogenated alkanes) is 5. The Labute approximate surface area is 121 Å². The second kappa shape index (κ2) is 14.1. The van der Waals surface area contributed by atoms with E-state index in [-0.39, 0.29) is 5.91 Å². The topological polar surface area (TPSA) is 81.4 Å². The second-order valence-electron chi connectivity index (χ2n) is 4.74. The van der Waals surface area contributed by atoms with Crippen LogP contribution < -0.4 is 11.1 Å². The summed E-state index contributed by atoms with van der Waals surface area (Å²) in [6, 6.07) is 0. The molecular weight excluding hydrogens is 256 g/mol. The SMILES string of the molecule is C=CC(=O)OCCCNC(=O)CCCCCCCCN. The first-order valence-corrected chi connectivity index (χ1v) is 7.46. The van der Waals surface area contributed by atoms with Gasteiger partial charge < -0.3 is 15.8 Å². The molecule has 0 rings (SSSR count). The van der Waals surface area contributed by atoms with Gasteiger partial charge in [0.05, 0.1) is 6.61 Å². The number of amides is 1. The van der Waals surface area contributed by atoms with Crippen LogP contribution in [0.2, 0.25) is 0 Å². The van der Waals surface area contributed by atoms with E-state index >= 15 is 0 Å². The van der Waals surface area contributed by atoms with E-state index < -0.39 is 5.97 Å². The Morgan fingerprint density at radius 1 is 1.05 bits per heavy atom. The van der Waals surface area contributed by atoms with Crippen LogP contribution in [0.3, 0.4) is 0 Å². The highest BCUT2D eigenvalue weighted by Gasteiger charge is 2.01. The molecule has 0 aromatic carbocycles. The molecule has 0 unspecified atom stereocenters. The number of nitrogens with two attached hydrogens (primary N) is 1. The number of rotatable bonds is 13. The third-order valence-electron chi connectivity index (χ3n) is 2.91. The van der Waals surface area contributed by atoms with Gasteiger partial charge in [0, 0.05) is 19.0 Å². The maximum atomic E-state index is 11.5. The number of hydrogen-bond donors (Lipinski definition) is 2. The molecule has 5 heteroatoms. The molecule has 0 saturated heterocycles. The van der Waals surface area contributed by atoms with Crippen LogP contribution in [0.1, 0.15) is 51.4 Å². The van der Waals surface area contributed by atoms with Gasteiger partial charge in [-0.15, -0.1) is 0 Å². The van der Waals surface area contributed by atoms with E-state index in [4.69, 9.17) is 10.5 Å². The van der Waals surface area contributed by atoms with Crippen molar-refractivity contribution in [1.82, 2.24) is 5.32 Å². The van der Waals surface area contributed by atoms with Crippen molar-refractivity contribution >= 4 is 11.9 Å². The normalized spacial score (nSPS) is 10.1. The van der Waals surface area contributed by atoms with Crippen LogP contribution in [0.5, 0.6) is 0 Å². The third-order valence-corrected chi connectivity index (χ3v) is 2.91. The molecule has 5 nitrogen and oxygen atoms in total. The zero-order valence-electron chi connectivity index (χ0n) is 12.4. The van der Waals surface area contributed by atoms with Crippen LogP contribution in [-0.4, -0.2) is 31.6 Å². The van der Waals surface area contributed by atoms with Crippen molar-refractivity contribution in [2.24, 2.45) is 5.73 Å². The van der Waals surface area contributed by atoms with Crippen molar-refractivity contribution in [3.63, 3.8) is 0 Å². The average Bonchev–Trinajstić information content (AvgIpc) is 2.45. The molecule has 3 N–H and O–H groups in total. The summed E-state index contributed by atoms with van der Waals surface area (Å²) in [6.45, 7) is 4.92. The van der Waals surface area contributed by atoms with E-state index in [1.165, 1.54) is 19.3 Å². The maximum absolute atomic E-state index is 11.5. The van der Waals surface area contributed by atoms with Gasteiger partial charge in [0.15, 0.2) is 0 Å². The minimum Gasteiger partial charge on any atom is -0.462 e. The summed E-state index contributed by atoms with van der Waals surface area (Å²) in [5.74, 6) is -0.354. The highest BCUT2D eigenvalue weighted by Crippen LogP contribution is 2.06. The molecule has 0 atom stereocenters. The molecule has 0 fully saturated rings. The average molecular weight is 284 g/mol. The summed E-state index contributed by atoms with van der Waals surface area (Å²) >= 11 is 0. The molecule has 0 radical (unpaired) electrons. The quantitative estimate of drug-likeness (QED) is 0.307. The van der Waals surface area contributed by atoms with Gasteiger partial charge in [0.2, 0.25) is 5.91 Å². The molecule has 20 heavy (non-hydrogen) atoms. The van der Waals surface area contributed by atoms with Crippen molar-refractivity contribution in [3.05, 3.63) is 12.7 Å². The highest BCUT2D eigenvalue weighted by atomic mass is 16.5. The molecule has 0 heterocycles. The fourth-order valence-corrected chi connectivity index (χ4v) is 1.76. The Hall–Kier alpha value is -1.36. The van der Waals surface area contributed by atoms with Gasteiger partial charge in [-0.05, 0) is 25.8 Å². The van der Waals surface area contributed by atoms with Crippen molar-refractivity contribution in [2.45, 2.75) is 51.4 Å². The lowest BCUT2D eigenvalue weighted by Gasteiger charge is -2.05. The third kappa shape index (κ3) is 13.1. The standard InChI is InChI=1S/C15H28N2O3/c1-2-15(19)20-13-9-12-17-14(18)10-7-5-3-4-6-8-11-16/h2H,1,3-13,16H2,(H,17,18). The van der Waals surface area contributed by atoms with E-state index in [2.05, 4.69) is 11.9 Å². The van der Waals surface area contributed by atoms with E-state index in [9.17, 15) is 9.59 Å². The largest absolute Gasteiger partial charge is 0.462 e. The Morgan fingerprint density at radius 3 is 2.35 bits per heavy atom. The number of hydrogen-bond acceptors (Lipinski definition) is 4. The van der Waals surface area contributed by atoms with Gasteiger partial charge in [-0.1, -0.05) is 32.3 Å². The van der Waals surface area contributed by atoms with Crippen LogP contribution in [0, 0.1) is 0 Å². The molecular formula is C15H28N2O3. The maximum Gasteiger partial charge on any atom is 0.330 e. The number of carbonyl (C=O) groups excluding carboxylic acids is 2. The van der Waals surface area contributed by atoms with Crippen molar-refractivity contribution in [1.29, 1.82) is 0 Å². The lowest BCUT2D eigenvalue weighted by atomic mass is 10.1. The van der Waals surface area contributed by atoms with Crippen LogP contribution in [0.4, 0.5) is 0 Å². The van der Waals surface area contributed by atoms with E-state index in [0.29, 0.717) is 26.0 Å². The minimum absolute atomic E-state index is 0.0713. The Bertz CT molecular complexity index is 280. The van der Waals surface area contributed by atoms with Gasteiger partial charge >= 0.3 is 5.97 Å². The van der Waals surface area contributed by atoms with Gasteiger partial charge in [-0.25, -0.2) is 4.79 Å². The number of ether oxygens (including phenoxy) is 1. The Kier molecular flexibility index (Phi) is 13.1. The Balaban J connectivity index is 3.24. The van der Waals surface area contributed by atoms with Crippen LogP contribution in [-0.2, 0) is 14.3 Å². The summed E-state index contributed by atoms with van der Waals surface area (Å²) in [4.78, 5) is 22.2. The molecule has 116 valence electrons. The summed E-state index contributed by atoms with van der Waals surface area (Å²) in [6.07, 6.45) is 9.01. The van der Waals surface area contributed by atoms with Crippen LogP contribution >= 0.6 is 0 Å². The zero-order chi connectivity index (χ0) is 15.1. The van der Waals surface area contributed by atoms with Crippen molar-refractivity contribution in [2.75, 3.05) is 19.7 Å². The predicted molar refractivity (Wildman–Crippen MR) is 80.2 cm³/mol. The van der Waals surface area contributed by atoms with Gasteiger partial charge in [-0.3, -0.25) is 4.79 Å². The number of esters is 1. The van der Waals surface area contributed by atoms with Crippen molar-refractivity contribution in [3.8, 4) is 0 Å². The Morgan fingerprint density at radius 2 is 1.70 bits per heavy atom. The molecule has 0 aliphatic carbocycles. The second-order valence-corrected chi connectivity index (χ2v) is 4.74. The summed E-state index contributed by atoms with van der Waals surface area (Å²) in [5.41, 5.74) is 5.42. The molecule has 0 aliphatic rings. The lowest BCUT2D eigenvalue weighted by Crippen LogP contribution is -2.25. The monoisotopic (exact) mass is 284 g/mol. The first-order chi connectivity index (χ1) is 9.70. The van der Waals surface area contributed by atoms with Gasteiger partial charge in [0.25, 0.3) is 0 Å². The summed E-state index contributed by atoms with van der Waals surface area (Å²) < 4.78 is 4.80. The van der Waals surface area contributed by atoms with E-state index in [0.717, 1.165) is 31.9 Å². The molecule has 0 aromatic heterocycles. The molecule has 0 saturated carbocycles. The van der Waals surface area contributed by atoms with Gasteiger partial charge in [-0.2, -0.15) is 0 Å². The van der Waals surface area contributed by atoms with Crippen LogP contribution in [0.15, 0.2) is 12.7 Å². The summed E-state index contributed by atoms with van der Waals surface area (Å²) in [7, 11) is 0. The molecule has 1 amide bonds.